The summed E-state index contributed by atoms with van der Waals surface area (Å²) in [5, 5.41) is 1.94. The summed E-state index contributed by atoms with van der Waals surface area (Å²) in [6, 6.07) is 9.66. The molecule has 0 atom stereocenters. The van der Waals surface area contributed by atoms with Crippen LogP contribution in [-0.4, -0.2) is 20.9 Å². The Bertz CT molecular complexity index is 810. The predicted octanol–water partition coefficient (Wildman–Crippen LogP) is 1.37. The van der Waals surface area contributed by atoms with Crippen molar-refractivity contribution in [3.63, 3.8) is 0 Å². The van der Waals surface area contributed by atoms with E-state index in [2.05, 4.69) is 15.0 Å². The molecular formula is C14H11N5O. The van der Waals surface area contributed by atoms with E-state index in [-0.39, 0.29) is 11.4 Å². The Morgan fingerprint density at radius 3 is 2.65 bits per heavy atom. The number of carbonyl (C=O) groups is 1. The second-order valence-corrected chi connectivity index (χ2v) is 4.24. The normalized spacial score (nSPS) is 10.6. The van der Waals surface area contributed by atoms with Gasteiger partial charge in [0.1, 0.15) is 11.5 Å². The maximum Gasteiger partial charge on any atom is 0.254 e. The summed E-state index contributed by atoms with van der Waals surface area (Å²) in [5.41, 5.74) is 11.6. The van der Waals surface area contributed by atoms with Gasteiger partial charge in [0, 0.05) is 17.8 Å². The first-order valence-electron chi connectivity index (χ1n) is 5.93. The molecule has 3 aromatic rings. The van der Waals surface area contributed by atoms with Gasteiger partial charge in [-0.3, -0.25) is 9.78 Å². The van der Waals surface area contributed by atoms with Crippen molar-refractivity contribution in [3.8, 4) is 11.5 Å². The smallest absolute Gasteiger partial charge is 0.254 e. The Kier molecular flexibility index (Phi) is 2.76. The lowest BCUT2D eigenvalue weighted by Crippen LogP contribution is -2.15. The van der Waals surface area contributed by atoms with Gasteiger partial charge in [-0.05, 0) is 11.5 Å². The molecule has 6 heteroatoms. The molecule has 0 bridgehead atoms. The minimum atomic E-state index is -0.653. The van der Waals surface area contributed by atoms with E-state index in [4.69, 9.17) is 11.5 Å². The van der Waals surface area contributed by atoms with Gasteiger partial charge in [-0.25, -0.2) is 9.97 Å². The molecule has 3 rings (SSSR count). The van der Waals surface area contributed by atoms with Crippen LogP contribution < -0.4 is 11.5 Å². The molecule has 0 saturated heterocycles. The van der Waals surface area contributed by atoms with Gasteiger partial charge in [0.2, 0.25) is 0 Å². The van der Waals surface area contributed by atoms with Crippen molar-refractivity contribution >= 4 is 22.5 Å². The van der Waals surface area contributed by atoms with Crippen molar-refractivity contribution in [2.45, 2.75) is 0 Å². The number of rotatable bonds is 2. The van der Waals surface area contributed by atoms with Crippen LogP contribution in [0.2, 0.25) is 0 Å². The lowest BCUT2D eigenvalue weighted by Gasteiger charge is -2.06. The number of fused-ring (bicyclic) bond motifs is 1. The number of anilines is 1. The third-order valence-corrected chi connectivity index (χ3v) is 2.97. The van der Waals surface area contributed by atoms with E-state index in [1.807, 2.05) is 30.3 Å². The number of carbonyl (C=O) groups excluding carboxylic acids is 1. The lowest BCUT2D eigenvalue weighted by atomic mass is 10.1. The molecule has 0 fully saturated rings. The molecule has 4 N–H and O–H groups in total. The van der Waals surface area contributed by atoms with Crippen LogP contribution in [0, 0.1) is 0 Å². The molecule has 0 spiro atoms. The summed E-state index contributed by atoms with van der Waals surface area (Å²) < 4.78 is 0. The van der Waals surface area contributed by atoms with Crippen LogP contribution in [-0.2, 0) is 0 Å². The average molecular weight is 265 g/mol. The van der Waals surface area contributed by atoms with E-state index in [9.17, 15) is 4.79 Å². The number of primary amides is 1. The first kappa shape index (κ1) is 12.0. The summed E-state index contributed by atoms with van der Waals surface area (Å²) >= 11 is 0. The SMILES string of the molecule is NC(=O)c1cnc(-c2nccc3ccccc23)nc1N. The van der Waals surface area contributed by atoms with Gasteiger partial charge in [0.05, 0.1) is 5.56 Å². The molecule has 1 amide bonds. The van der Waals surface area contributed by atoms with Crippen molar-refractivity contribution in [1.82, 2.24) is 15.0 Å². The zero-order valence-corrected chi connectivity index (χ0v) is 10.4. The second-order valence-electron chi connectivity index (χ2n) is 4.24. The fourth-order valence-electron chi connectivity index (χ4n) is 2.00. The maximum absolute atomic E-state index is 11.1. The highest BCUT2D eigenvalue weighted by atomic mass is 16.1. The Balaban J connectivity index is 2.21. The van der Waals surface area contributed by atoms with Gasteiger partial charge in [-0.2, -0.15) is 0 Å². The third kappa shape index (κ3) is 1.93. The molecule has 1 aromatic carbocycles. The van der Waals surface area contributed by atoms with Crippen molar-refractivity contribution in [1.29, 1.82) is 0 Å². The van der Waals surface area contributed by atoms with Crippen LogP contribution in [0.1, 0.15) is 10.4 Å². The Morgan fingerprint density at radius 2 is 1.90 bits per heavy atom. The molecular weight excluding hydrogens is 254 g/mol. The van der Waals surface area contributed by atoms with E-state index >= 15 is 0 Å². The summed E-state index contributed by atoms with van der Waals surface area (Å²) in [5.74, 6) is -0.235. The number of hydrogen-bond acceptors (Lipinski definition) is 5. The molecule has 0 aliphatic carbocycles. The highest BCUT2D eigenvalue weighted by molar-refractivity contribution is 5.97. The summed E-state index contributed by atoms with van der Waals surface area (Å²) in [7, 11) is 0. The first-order valence-corrected chi connectivity index (χ1v) is 5.93. The molecule has 6 nitrogen and oxygen atoms in total. The van der Waals surface area contributed by atoms with Crippen molar-refractivity contribution in [2.75, 3.05) is 5.73 Å². The number of benzene rings is 1. The zero-order chi connectivity index (χ0) is 14.1. The van der Waals surface area contributed by atoms with Crippen LogP contribution in [0.3, 0.4) is 0 Å². The molecule has 0 aliphatic rings. The van der Waals surface area contributed by atoms with E-state index in [0.717, 1.165) is 10.8 Å². The van der Waals surface area contributed by atoms with Crippen LogP contribution in [0.25, 0.3) is 22.3 Å². The van der Waals surface area contributed by atoms with E-state index in [1.54, 1.807) is 6.20 Å². The molecule has 2 heterocycles. The molecule has 0 saturated carbocycles. The molecule has 0 aliphatic heterocycles. The molecule has 0 radical (unpaired) electrons. The lowest BCUT2D eigenvalue weighted by molar-refractivity contribution is 0.100. The van der Waals surface area contributed by atoms with Gasteiger partial charge in [0.15, 0.2) is 5.82 Å². The number of nitrogens with zero attached hydrogens (tertiary/aromatic N) is 3. The molecule has 98 valence electrons. The largest absolute Gasteiger partial charge is 0.383 e. The Morgan fingerprint density at radius 1 is 1.10 bits per heavy atom. The monoisotopic (exact) mass is 265 g/mol. The fraction of sp³-hybridized carbons (Fsp3) is 0. The maximum atomic E-state index is 11.1. The van der Waals surface area contributed by atoms with Gasteiger partial charge < -0.3 is 11.5 Å². The molecule has 2 aromatic heterocycles. The van der Waals surface area contributed by atoms with Gasteiger partial charge in [-0.15, -0.1) is 0 Å². The second kappa shape index (κ2) is 4.58. The van der Waals surface area contributed by atoms with Gasteiger partial charge >= 0.3 is 0 Å². The topological polar surface area (TPSA) is 108 Å². The van der Waals surface area contributed by atoms with Crippen molar-refractivity contribution in [2.24, 2.45) is 5.73 Å². The number of nitrogen functional groups attached to an aromatic ring is 1. The number of pyridine rings is 1. The highest BCUT2D eigenvalue weighted by Crippen LogP contribution is 2.24. The minimum Gasteiger partial charge on any atom is -0.383 e. The van der Waals surface area contributed by atoms with Crippen LogP contribution in [0.5, 0.6) is 0 Å². The van der Waals surface area contributed by atoms with Crippen molar-refractivity contribution in [3.05, 3.63) is 48.3 Å². The van der Waals surface area contributed by atoms with E-state index in [1.165, 1.54) is 6.20 Å². The van der Waals surface area contributed by atoms with Gasteiger partial charge in [-0.1, -0.05) is 24.3 Å². The first-order chi connectivity index (χ1) is 9.66. The number of nitrogens with two attached hydrogens (primary N) is 2. The van der Waals surface area contributed by atoms with Crippen molar-refractivity contribution < 1.29 is 4.79 Å². The van der Waals surface area contributed by atoms with Crippen LogP contribution in [0.15, 0.2) is 42.7 Å². The number of aromatic nitrogens is 3. The van der Waals surface area contributed by atoms with E-state index in [0.29, 0.717) is 11.5 Å². The predicted molar refractivity (Wildman–Crippen MR) is 75.7 cm³/mol. The van der Waals surface area contributed by atoms with Gasteiger partial charge in [0.25, 0.3) is 5.91 Å². The molecule has 0 unspecified atom stereocenters. The quantitative estimate of drug-likeness (QED) is 0.727. The Labute approximate surface area is 114 Å². The fourth-order valence-corrected chi connectivity index (χ4v) is 2.00. The third-order valence-electron chi connectivity index (χ3n) is 2.97. The Hall–Kier alpha value is -3.02. The summed E-state index contributed by atoms with van der Waals surface area (Å²) in [4.78, 5) is 23.7. The summed E-state index contributed by atoms with van der Waals surface area (Å²) in [6.45, 7) is 0. The summed E-state index contributed by atoms with van der Waals surface area (Å²) in [6.07, 6.45) is 3.00. The molecule has 20 heavy (non-hydrogen) atoms. The number of amides is 1. The van der Waals surface area contributed by atoms with Crippen LogP contribution in [0.4, 0.5) is 5.82 Å². The standard InChI is InChI=1S/C14H11N5O/c15-12-10(13(16)20)7-18-14(19-12)11-9-4-2-1-3-8(9)5-6-17-11/h1-7H,(H2,16,20)(H2,15,18,19). The minimum absolute atomic E-state index is 0.0530. The average Bonchev–Trinajstić information content (AvgIpc) is 2.46. The van der Waals surface area contributed by atoms with E-state index < -0.39 is 5.91 Å². The number of hydrogen-bond donors (Lipinski definition) is 2. The zero-order valence-electron chi connectivity index (χ0n) is 10.4. The van der Waals surface area contributed by atoms with Crippen LogP contribution >= 0.6 is 0 Å². The highest BCUT2D eigenvalue weighted by Gasteiger charge is 2.12.